The largest absolute Gasteiger partial charge is 0.465 e. The summed E-state index contributed by atoms with van der Waals surface area (Å²) in [6, 6.07) is 1.85. The lowest BCUT2D eigenvalue weighted by Gasteiger charge is -1.99. The molecule has 0 aromatic carbocycles. The zero-order valence-electron chi connectivity index (χ0n) is 5.89. The molecule has 0 spiro atoms. The van der Waals surface area contributed by atoms with Gasteiger partial charge in [0.2, 0.25) is 0 Å². The Morgan fingerprint density at radius 2 is 2.50 bits per heavy atom. The summed E-state index contributed by atoms with van der Waals surface area (Å²) in [4.78, 5) is 10.5. The molecule has 10 heavy (non-hydrogen) atoms. The second-order valence-electron chi connectivity index (χ2n) is 1.57. The number of hydrogen-bond donors (Lipinski definition) is 1. The molecule has 0 saturated heterocycles. The van der Waals surface area contributed by atoms with E-state index in [2.05, 4.69) is 10.1 Å². The molecule has 4 nitrogen and oxygen atoms in total. The summed E-state index contributed by atoms with van der Waals surface area (Å²) in [5, 5.41) is 10.6. The van der Waals surface area contributed by atoms with Gasteiger partial charge in [0.1, 0.15) is 0 Å². The molecule has 0 radical (unpaired) electrons. The summed E-state index contributed by atoms with van der Waals surface area (Å²) in [7, 11) is 0. The van der Waals surface area contributed by atoms with Crippen LogP contribution in [0.4, 0.5) is 0 Å². The molecule has 1 N–H and O–H groups in total. The van der Waals surface area contributed by atoms with E-state index in [-0.39, 0.29) is 19.1 Å². The fraction of sp³-hybridized carbons (Fsp3) is 0.667. The van der Waals surface area contributed by atoms with Crippen molar-refractivity contribution >= 4 is 5.97 Å². The average molecular weight is 142 g/mol. The van der Waals surface area contributed by atoms with Gasteiger partial charge in [0.25, 0.3) is 0 Å². The van der Waals surface area contributed by atoms with E-state index in [1.165, 1.54) is 0 Å². The molecular weight excluding hydrogens is 132 g/mol. The Hall–Kier alpha value is -1.08. The Morgan fingerprint density at radius 3 is 3.00 bits per heavy atom. The molecule has 0 aromatic heterocycles. The lowest BCUT2D eigenvalue weighted by Crippen LogP contribution is -2.24. The fourth-order valence-electron chi connectivity index (χ4n) is 0.432. The summed E-state index contributed by atoms with van der Waals surface area (Å²) in [5.74, 6) is -0.322. The van der Waals surface area contributed by atoms with Gasteiger partial charge in [0.15, 0.2) is 0 Å². The molecule has 0 aliphatic rings. The van der Waals surface area contributed by atoms with Crippen LogP contribution < -0.4 is 5.32 Å². The molecule has 0 fully saturated rings. The van der Waals surface area contributed by atoms with Crippen molar-refractivity contribution in [3.63, 3.8) is 0 Å². The van der Waals surface area contributed by atoms with Gasteiger partial charge in [-0.3, -0.25) is 10.1 Å². The number of nitriles is 1. The summed E-state index contributed by atoms with van der Waals surface area (Å²) in [6.07, 6.45) is 0. The third kappa shape index (κ3) is 5.06. The molecule has 0 saturated carbocycles. The number of rotatable bonds is 4. The van der Waals surface area contributed by atoms with Crippen molar-refractivity contribution in [1.29, 1.82) is 5.26 Å². The molecular formula is C6H10N2O2. The van der Waals surface area contributed by atoms with E-state index >= 15 is 0 Å². The van der Waals surface area contributed by atoms with Crippen LogP contribution in [0.5, 0.6) is 0 Å². The molecule has 56 valence electrons. The summed E-state index contributed by atoms with van der Waals surface area (Å²) >= 11 is 0. The number of esters is 1. The van der Waals surface area contributed by atoms with E-state index in [1.54, 1.807) is 6.92 Å². The number of nitrogens with zero attached hydrogens (tertiary/aromatic N) is 1. The lowest BCUT2D eigenvalue weighted by molar-refractivity contribution is -0.141. The minimum atomic E-state index is -0.322. The standard InChI is InChI=1S/C6H10N2O2/c1-2-10-6(9)5-8-4-3-7/h8H,2,4-5H2,1H3. The fourth-order valence-corrected chi connectivity index (χ4v) is 0.432. The molecule has 0 bridgehead atoms. The Kier molecular flexibility index (Phi) is 5.39. The van der Waals surface area contributed by atoms with E-state index in [0.29, 0.717) is 6.61 Å². The monoisotopic (exact) mass is 142 g/mol. The van der Waals surface area contributed by atoms with E-state index in [1.807, 2.05) is 6.07 Å². The molecule has 0 aliphatic carbocycles. The number of ether oxygens (including phenoxy) is 1. The van der Waals surface area contributed by atoms with Gasteiger partial charge < -0.3 is 4.74 Å². The molecule has 0 aromatic rings. The van der Waals surface area contributed by atoms with Crippen molar-refractivity contribution in [3.8, 4) is 6.07 Å². The molecule has 0 unspecified atom stereocenters. The maximum absolute atomic E-state index is 10.5. The SMILES string of the molecule is CCOC(=O)CNCC#N. The predicted molar refractivity (Wildman–Crippen MR) is 35.1 cm³/mol. The highest BCUT2D eigenvalue weighted by Gasteiger charge is 1.97. The highest BCUT2D eigenvalue weighted by Crippen LogP contribution is 1.73. The van der Waals surface area contributed by atoms with Gasteiger partial charge in [-0.2, -0.15) is 5.26 Å². The van der Waals surface area contributed by atoms with Crippen molar-refractivity contribution in [3.05, 3.63) is 0 Å². The van der Waals surface area contributed by atoms with Crippen LogP contribution in [0.25, 0.3) is 0 Å². The second kappa shape index (κ2) is 6.05. The molecule has 0 rings (SSSR count). The molecule has 0 aliphatic heterocycles. The quantitative estimate of drug-likeness (QED) is 0.331. The Bertz CT molecular complexity index is 139. The maximum atomic E-state index is 10.5. The van der Waals surface area contributed by atoms with Gasteiger partial charge in [0, 0.05) is 0 Å². The number of carbonyl (C=O) groups is 1. The molecule has 0 atom stereocenters. The summed E-state index contributed by atoms with van der Waals surface area (Å²) in [6.45, 7) is 2.41. The Morgan fingerprint density at radius 1 is 1.80 bits per heavy atom. The van der Waals surface area contributed by atoms with Crippen LogP contribution in [0.15, 0.2) is 0 Å². The normalized spacial score (nSPS) is 8.40. The summed E-state index contributed by atoms with van der Waals surface area (Å²) < 4.78 is 4.58. The number of hydrogen-bond acceptors (Lipinski definition) is 4. The Balaban J connectivity index is 3.15. The van der Waals surface area contributed by atoms with Crippen molar-refractivity contribution in [2.75, 3.05) is 19.7 Å². The van der Waals surface area contributed by atoms with E-state index in [4.69, 9.17) is 5.26 Å². The van der Waals surface area contributed by atoms with Crippen molar-refractivity contribution in [2.24, 2.45) is 0 Å². The van der Waals surface area contributed by atoms with Crippen LogP contribution in [0.1, 0.15) is 6.92 Å². The van der Waals surface area contributed by atoms with Gasteiger partial charge >= 0.3 is 5.97 Å². The minimum Gasteiger partial charge on any atom is -0.465 e. The van der Waals surface area contributed by atoms with Gasteiger partial charge in [-0.1, -0.05) is 0 Å². The first-order valence-electron chi connectivity index (χ1n) is 3.04. The number of carbonyl (C=O) groups excluding carboxylic acids is 1. The minimum absolute atomic E-state index is 0.113. The van der Waals surface area contributed by atoms with Crippen LogP contribution in [0, 0.1) is 11.3 Å². The highest BCUT2D eigenvalue weighted by molar-refractivity contribution is 5.71. The van der Waals surface area contributed by atoms with Crippen molar-refractivity contribution in [2.45, 2.75) is 6.92 Å². The van der Waals surface area contributed by atoms with Crippen molar-refractivity contribution in [1.82, 2.24) is 5.32 Å². The molecule has 4 heteroatoms. The predicted octanol–water partition coefficient (Wildman–Crippen LogP) is -0.337. The van der Waals surface area contributed by atoms with Crippen molar-refractivity contribution < 1.29 is 9.53 Å². The first kappa shape index (κ1) is 8.92. The lowest BCUT2D eigenvalue weighted by atomic mass is 10.6. The summed E-state index contributed by atoms with van der Waals surface area (Å²) in [5.41, 5.74) is 0. The van der Waals surface area contributed by atoms with Crippen LogP contribution >= 0.6 is 0 Å². The molecule has 0 heterocycles. The zero-order valence-corrected chi connectivity index (χ0v) is 5.89. The molecule has 0 amide bonds. The van der Waals surface area contributed by atoms with Crippen LogP contribution in [-0.4, -0.2) is 25.7 Å². The van der Waals surface area contributed by atoms with E-state index < -0.39 is 0 Å². The Labute approximate surface area is 59.8 Å². The van der Waals surface area contributed by atoms with Gasteiger partial charge in [-0.05, 0) is 6.92 Å². The smallest absolute Gasteiger partial charge is 0.319 e. The van der Waals surface area contributed by atoms with E-state index in [0.717, 1.165) is 0 Å². The second-order valence-corrected chi connectivity index (χ2v) is 1.57. The highest BCUT2D eigenvalue weighted by atomic mass is 16.5. The third-order valence-electron chi connectivity index (χ3n) is 0.779. The van der Waals surface area contributed by atoms with Crippen LogP contribution in [-0.2, 0) is 9.53 Å². The average Bonchev–Trinajstić information content (AvgIpc) is 1.89. The van der Waals surface area contributed by atoms with E-state index in [9.17, 15) is 4.79 Å². The van der Waals surface area contributed by atoms with Gasteiger partial charge in [0.05, 0.1) is 25.8 Å². The third-order valence-corrected chi connectivity index (χ3v) is 0.779. The zero-order chi connectivity index (χ0) is 7.82. The van der Waals surface area contributed by atoms with Gasteiger partial charge in [-0.25, -0.2) is 0 Å². The maximum Gasteiger partial charge on any atom is 0.319 e. The topological polar surface area (TPSA) is 62.1 Å². The van der Waals surface area contributed by atoms with Crippen LogP contribution in [0.2, 0.25) is 0 Å². The van der Waals surface area contributed by atoms with Crippen LogP contribution in [0.3, 0.4) is 0 Å². The first-order valence-corrected chi connectivity index (χ1v) is 3.04. The van der Waals surface area contributed by atoms with Gasteiger partial charge in [-0.15, -0.1) is 0 Å². The number of nitrogens with one attached hydrogen (secondary N) is 1. The first-order chi connectivity index (χ1) is 4.81.